The molecule has 0 bridgehead atoms. The summed E-state index contributed by atoms with van der Waals surface area (Å²) in [6.07, 6.45) is 1.23. The first kappa shape index (κ1) is 12.4. The summed E-state index contributed by atoms with van der Waals surface area (Å²) < 4.78 is 13.6. The van der Waals surface area contributed by atoms with E-state index in [4.69, 9.17) is 5.11 Å². The summed E-state index contributed by atoms with van der Waals surface area (Å²) in [5.41, 5.74) is 0.263. The number of rotatable bonds is 5. The van der Waals surface area contributed by atoms with Crippen LogP contribution in [0.1, 0.15) is 19.0 Å². The quantitative estimate of drug-likeness (QED) is 0.819. The summed E-state index contributed by atoms with van der Waals surface area (Å²) in [7, 11) is 0. The topological polar surface area (TPSA) is 66.3 Å². The van der Waals surface area contributed by atoms with E-state index in [1.54, 1.807) is 11.8 Å². The molecule has 0 aromatic carbocycles. The van der Waals surface area contributed by atoms with Crippen molar-refractivity contribution in [3.63, 3.8) is 0 Å². The van der Waals surface area contributed by atoms with Gasteiger partial charge in [0.25, 0.3) is 0 Å². The van der Waals surface area contributed by atoms with Crippen molar-refractivity contribution in [2.45, 2.75) is 20.3 Å². The van der Waals surface area contributed by atoms with E-state index in [9.17, 15) is 9.18 Å². The molecule has 0 radical (unpaired) electrons. The molecule has 0 saturated heterocycles. The Morgan fingerprint density at radius 2 is 2.25 bits per heavy atom. The fourth-order valence-corrected chi connectivity index (χ4v) is 1.31. The molecule has 16 heavy (non-hydrogen) atoms. The number of halogens is 1. The highest BCUT2D eigenvalue weighted by molar-refractivity contribution is 5.67. The molecule has 0 aliphatic heterocycles. The third kappa shape index (κ3) is 2.88. The number of aromatic nitrogens is 2. The summed E-state index contributed by atoms with van der Waals surface area (Å²) in [6.45, 7) is 4.10. The van der Waals surface area contributed by atoms with Crippen LogP contribution in [0.5, 0.6) is 0 Å². The van der Waals surface area contributed by atoms with Gasteiger partial charge in [-0.1, -0.05) is 0 Å². The molecule has 0 atom stereocenters. The van der Waals surface area contributed by atoms with Gasteiger partial charge in [0.1, 0.15) is 6.33 Å². The minimum Gasteiger partial charge on any atom is -0.481 e. The summed E-state index contributed by atoms with van der Waals surface area (Å²) >= 11 is 0. The summed E-state index contributed by atoms with van der Waals surface area (Å²) in [5, 5.41) is 8.58. The van der Waals surface area contributed by atoms with Crippen LogP contribution in [0, 0.1) is 12.7 Å². The Kier molecular flexibility index (Phi) is 4.16. The molecule has 1 heterocycles. The van der Waals surface area contributed by atoms with Crippen molar-refractivity contribution in [1.29, 1.82) is 0 Å². The largest absolute Gasteiger partial charge is 0.481 e. The van der Waals surface area contributed by atoms with E-state index in [2.05, 4.69) is 9.97 Å². The number of carboxylic acid groups (broad SMARTS) is 1. The highest BCUT2D eigenvalue weighted by Gasteiger charge is 2.14. The zero-order valence-corrected chi connectivity index (χ0v) is 9.27. The monoisotopic (exact) mass is 227 g/mol. The maximum atomic E-state index is 13.6. The van der Waals surface area contributed by atoms with E-state index in [0.717, 1.165) is 0 Å². The van der Waals surface area contributed by atoms with Gasteiger partial charge in [-0.25, -0.2) is 14.4 Å². The first-order chi connectivity index (χ1) is 7.56. The van der Waals surface area contributed by atoms with Crippen molar-refractivity contribution in [2.75, 3.05) is 18.0 Å². The molecule has 1 rings (SSSR count). The summed E-state index contributed by atoms with van der Waals surface area (Å²) in [6, 6.07) is 0. The van der Waals surface area contributed by atoms with Gasteiger partial charge in [-0.05, 0) is 13.8 Å². The maximum Gasteiger partial charge on any atom is 0.305 e. The molecule has 0 aliphatic carbocycles. The second-order valence-corrected chi connectivity index (χ2v) is 3.32. The molecule has 0 spiro atoms. The van der Waals surface area contributed by atoms with Gasteiger partial charge >= 0.3 is 5.97 Å². The molecule has 5 nitrogen and oxygen atoms in total. The molecule has 0 aliphatic rings. The third-order valence-corrected chi connectivity index (χ3v) is 2.22. The molecule has 0 fully saturated rings. The van der Waals surface area contributed by atoms with Crippen LogP contribution >= 0.6 is 0 Å². The Morgan fingerprint density at radius 1 is 1.56 bits per heavy atom. The fraction of sp³-hybridized carbons (Fsp3) is 0.500. The molecule has 6 heteroatoms. The van der Waals surface area contributed by atoms with Gasteiger partial charge < -0.3 is 10.0 Å². The first-order valence-corrected chi connectivity index (χ1v) is 5.00. The molecule has 1 N–H and O–H groups in total. The van der Waals surface area contributed by atoms with Gasteiger partial charge in [-0.2, -0.15) is 0 Å². The lowest BCUT2D eigenvalue weighted by atomic mass is 10.3. The first-order valence-electron chi connectivity index (χ1n) is 5.00. The molecule has 1 aromatic rings. The summed E-state index contributed by atoms with van der Waals surface area (Å²) in [5.74, 6) is -1.24. The molecule has 0 unspecified atom stereocenters. The zero-order chi connectivity index (χ0) is 12.1. The fourth-order valence-electron chi connectivity index (χ4n) is 1.31. The Balaban J connectivity index is 2.86. The number of aryl methyl sites for hydroxylation is 1. The number of carbonyl (C=O) groups is 1. The van der Waals surface area contributed by atoms with E-state index < -0.39 is 11.8 Å². The predicted molar refractivity (Wildman–Crippen MR) is 56.9 cm³/mol. The SMILES string of the molecule is CCN(CCC(=O)O)c1ncnc(C)c1F. The van der Waals surface area contributed by atoms with Crippen LogP contribution in [0.4, 0.5) is 10.2 Å². The van der Waals surface area contributed by atoms with Crippen LogP contribution < -0.4 is 4.90 Å². The van der Waals surface area contributed by atoms with E-state index in [0.29, 0.717) is 6.54 Å². The number of hydrogen-bond donors (Lipinski definition) is 1. The average Bonchev–Trinajstić information content (AvgIpc) is 2.24. The smallest absolute Gasteiger partial charge is 0.305 e. The minimum absolute atomic E-state index is 0.0453. The molecule has 1 aromatic heterocycles. The molecule has 0 amide bonds. The van der Waals surface area contributed by atoms with Crippen molar-refractivity contribution in [1.82, 2.24) is 9.97 Å². The Hall–Kier alpha value is -1.72. The van der Waals surface area contributed by atoms with E-state index in [-0.39, 0.29) is 24.5 Å². The van der Waals surface area contributed by atoms with E-state index in [1.807, 2.05) is 6.92 Å². The van der Waals surface area contributed by atoms with Gasteiger partial charge in [0.2, 0.25) is 0 Å². The summed E-state index contributed by atoms with van der Waals surface area (Å²) in [4.78, 5) is 19.6. The normalized spacial score (nSPS) is 10.2. The highest BCUT2D eigenvalue weighted by atomic mass is 19.1. The highest BCUT2D eigenvalue weighted by Crippen LogP contribution is 2.17. The lowest BCUT2D eigenvalue weighted by molar-refractivity contribution is -0.136. The number of aliphatic carboxylic acids is 1. The van der Waals surface area contributed by atoms with Crippen LogP contribution in [-0.4, -0.2) is 34.1 Å². The van der Waals surface area contributed by atoms with Crippen LogP contribution in [0.15, 0.2) is 6.33 Å². The average molecular weight is 227 g/mol. The van der Waals surface area contributed by atoms with Gasteiger partial charge in [0.05, 0.1) is 12.1 Å². The van der Waals surface area contributed by atoms with Crippen LogP contribution in [0.3, 0.4) is 0 Å². The number of nitrogens with zero attached hydrogens (tertiary/aromatic N) is 3. The maximum absolute atomic E-state index is 13.6. The van der Waals surface area contributed by atoms with Gasteiger partial charge in [-0.15, -0.1) is 0 Å². The Bertz CT molecular complexity index is 384. The van der Waals surface area contributed by atoms with Crippen LogP contribution in [-0.2, 0) is 4.79 Å². The van der Waals surface area contributed by atoms with Gasteiger partial charge in [0, 0.05) is 13.1 Å². The molecular formula is C10H14FN3O2. The van der Waals surface area contributed by atoms with Crippen molar-refractivity contribution in [3.05, 3.63) is 17.8 Å². The van der Waals surface area contributed by atoms with Crippen molar-refractivity contribution in [2.24, 2.45) is 0 Å². The standard InChI is InChI=1S/C10H14FN3O2/c1-3-14(5-4-8(15)16)10-9(11)7(2)12-6-13-10/h6H,3-5H2,1-2H3,(H,15,16). The van der Waals surface area contributed by atoms with E-state index >= 15 is 0 Å². The predicted octanol–water partition coefficient (Wildman–Crippen LogP) is 1.23. The van der Waals surface area contributed by atoms with E-state index in [1.165, 1.54) is 6.33 Å². The van der Waals surface area contributed by atoms with Crippen molar-refractivity contribution in [3.8, 4) is 0 Å². The second kappa shape index (κ2) is 5.39. The van der Waals surface area contributed by atoms with Gasteiger partial charge in [0.15, 0.2) is 11.6 Å². The number of anilines is 1. The van der Waals surface area contributed by atoms with Crippen LogP contribution in [0.2, 0.25) is 0 Å². The lowest BCUT2D eigenvalue weighted by Gasteiger charge is -2.21. The number of carboxylic acids is 1. The second-order valence-electron chi connectivity index (χ2n) is 3.32. The van der Waals surface area contributed by atoms with Crippen LogP contribution in [0.25, 0.3) is 0 Å². The molecule has 0 saturated carbocycles. The molecule has 88 valence electrons. The number of hydrogen-bond acceptors (Lipinski definition) is 4. The Labute approximate surface area is 92.9 Å². The molecular weight excluding hydrogens is 213 g/mol. The Morgan fingerprint density at radius 3 is 2.81 bits per heavy atom. The van der Waals surface area contributed by atoms with Crippen molar-refractivity contribution < 1.29 is 14.3 Å². The minimum atomic E-state index is -0.912. The lowest BCUT2D eigenvalue weighted by Crippen LogP contribution is -2.28. The zero-order valence-electron chi connectivity index (χ0n) is 9.27. The van der Waals surface area contributed by atoms with Gasteiger partial charge in [-0.3, -0.25) is 4.79 Å². The van der Waals surface area contributed by atoms with Crippen molar-refractivity contribution >= 4 is 11.8 Å². The third-order valence-electron chi connectivity index (χ3n) is 2.22.